The fourth-order valence-electron chi connectivity index (χ4n) is 3.70. The van der Waals surface area contributed by atoms with Crippen molar-refractivity contribution in [3.63, 3.8) is 0 Å². The molecule has 0 radical (unpaired) electrons. The molecule has 2 aromatic rings. The summed E-state index contributed by atoms with van der Waals surface area (Å²) in [6.07, 6.45) is 0.591. The molecule has 0 saturated carbocycles. The van der Waals surface area contributed by atoms with Gasteiger partial charge in [0.25, 0.3) is 5.91 Å². The van der Waals surface area contributed by atoms with Crippen LogP contribution >= 0.6 is 0 Å². The van der Waals surface area contributed by atoms with E-state index in [2.05, 4.69) is 20.8 Å². The average molecular weight is 411 g/mol. The number of methoxy groups -OCH3 is 1. The summed E-state index contributed by atoms with van der Waals surface area (Å²) in [6.45, 7) is 8.94. The Hall–Kier alpha value is -2.86. The second kappa shape index (κ2) is 8.48. The van der Waals surface area contributed by atoms with Crippen molar-refractivity contribution in [1.29, 1.82) is 0 Å². The van der Waals surface area contributed by atoms with Crippen molar-refractivity contribution in [3.05, 3.63) is 70.4 Å². The molecule has 160 valence electrons. The van der Waals surface area contributed by atoms with Crippen LogP contribution in [0.15, 0.2) is 52.1 Å². The molecule has 0 spiro atoms. The van der Waals surface area contributed by atoms with Crippen LogP contribution in [0, 0.1) is 6.92 Å². The van der Waals surface area contributed by atoms with E-state index in [1.165, 1.54) is 4.90 Å². The number of ether oxygens (including phenoxy) is 1. The fraction of sp³-hybridized carbons (Fsp3) is 0.417. The number of ketones is 1. The van der Waals surface area contributed by atoms with E-state index in [0.717, 1.165) is 11.1 Å². The maximum atomic E-state index is 13.2. The number of aryl methyl sites for hydroxylation is 1. The zero-order chi connectivity index (χ0) is 22.1. The zero-order valence-corrected chi connectivity index (χ0v) is 18.2. The molecule has 1 N–H and O–H groups in total. The summed E-state index contributed by atoms with van der Waals surface area (Å²) in [5.41, 5.74) is 1.94. The molecule has 1 aliphatic heterocycles. The minimum absolute atomic E-state index is 0.0233. The van der Waals surface area contributed by atoms with Crippen molar-refractivity contribution < 1.29 is 23.8 Å². The van der Waals surface area contributed by atoms with Crippen LogP contribution in [0.1, 0.15) is 60.7 Å². The largest absolute Gasteiger partial charge is 0.503 e. The minimum atomic E-state index is -0.679. The Morgan fingerprint density at radius 3 is 2.37 bits per heavy atom. The Kier molecular flexibility index (Phi) is 6.17. The van der Waals surface area contributed by atoms with E-state index in [0.29, 0.717) is 25.3 Å². The van der Waals surface area contributed by atoms with Crippen LogP contribution in [0.25, 0.3) is 0 Å². The molecular weight excluding hydrogens is 382 g/mol. The molecule has 3 rings (SSSR count). The van der Waals surface area contributed by atoms with Gasteiger partial charge in [-0.3, -0.25) is 9.59 Å². The van der Waals surface area contributed by atoms with Gasteiger partial charge in [0.2, 0.25) is 5.78 Å². The van der Waals surface area contributed by atoms with Gasteiger partial charge in [0.1, 0.15) is 5.76 Å². The summed E-state index contributed by atoms with van der Waals surface area (Å²) >= 11 is 0. The molecule has 2 heterocycles. The van der Waals surface area contributed by atoms with Gasteiger partial charge in [-0.1, -0.05) is 45.0 Å². The second-order valence-electron chi connectivity index (χ2n) is 8.62. The number of hydrogen-bond donors (Lipinski definition) is 1. The number of amides is 1. The van der Waals surface area contributed by atoms with Crippen LogP contribution in [0.5, 0.6) is 0 Å². The van der Waals surface area contributed by atoms with E-state index in [1.54, 1.807) is 26.2 Å². The maximum Gasteiger partial charge on any atom is 0.290 e. The monoisotopic (exact) mass is 411 g/mol. The van der Waals surface area contributed by atoms with Gasteiger partial charge in [0, 0.05) is 20.3 Å². The zero-order valence-electron chi connectivity index (χ0n) is 18.2. The quantitative estimate of drug-likeness (QED) is 0.536. The highest BCUT2D eigenvalue weighted by molar-refractivity contribution is 6.15. The smallest absolute Gasteiger partial charge is 0.290 e. The Balaban J connectivity index is 2.03. The summed E-state index contributed by atoms with van der Waals surface area (Å²) < 4.78 is 10.6. The van der Waals surface area contributed by atoms with Gasteiger partial charge in [-0.05, 0) is 42.0 Å². The Labute approximate surface area is 177 Å². The van der Waals surface area contributed by atoms with E-state index in [9.17, 15) is 14.7 Å². The summed E-state index contributed by atoms with van der Waals surface area (Å²) in [4.78, 5) is 27.6. The van der Waals surface area contributed by atoms with E-state index < -0.39 is 23.5 Å². The lowest BCUT2D eigenvalue weighted by molar-refractivity contribution is -0.129. The molecule has 1 unspecified atom stereocenters. The molecule has 6 heteroatoms. The van der Waals surface area contributed by atoms with Gasteiger partial charge in [-0.15, -0.1) is 0 Å². The van der Waals surface area contributed by atoms with E-state index in [1.807, 2.05) is 24.3 Å². The standard InChI is InChI=1S/C24H29NO5/c1-15-7-12-18(30-15)21(26)19-20(16-8-10-17(11-9-16)24(2,3)4)25(13-6-14-29-5)23(28)22(19)27/h7-12,20,27H,6,13-14H2,1-5H3. The molecule has 0 aliphatic carbocycles. The number of furan rings is 1. The maximum absolute atomic E-state index is 13.2. The number of hydrogen-bond acceptors (Lipinski definition) is 5. The first-order valence-electron chi connectivity index (χ1n) is 10.1. The number of aliphatic hydroxyl groups is 1. The lowest BCUT2D eigenvalue weighted by Crippen LogP contribution is -2.32. The number of Topliss-reactive ketones (excluding diaryl/α,β-unsaturated/α-hetero) is 1. The van der Waals surface area contributed by atoms with Gasteiger partial charge in [-0.2, -0.15) is 0 Å². The van der Waals surface area contributed by atoms with Crippen LogP contribution in [-0.2, 0) is 14.9 Å². The lowest BCUT2D eigenvalue weighted by Gasteiger charge is -2.27. The highest BCUT2D eigenvalue weighted by Crippen LogP contribution is 2.39. The molecule has 1 atom stereocenters. The fourth-order valence-corrected chi connectivity index (χ4v) is 3.70. The number of nitrogens with zero attached hydrogens (tertiary/aromatic N) is 1. The first kappa shape index (κ1) is 21.8. The highest BCUT2D eigenvalue weighted by Gasteiger charge is 2.44. The first-order valence-corrected chi connectivity index (χ1v) is 10.1. The van der Waals surface area contributed by atoms with Crippen molar-refractivity contribution in [2.24, 2.45) is 0 Å². The Morgan fingerprint density at radius 1 is 1.17 bits per heavy atom. The molecule has 1 aromatic carbocycles. The average Bonchev–Trinajstić information content (AvgIpc) is 3.24. The van der Waals surface area contributed by atoms with Crippen molar-refractivity contribution >= 4 is 11.7 Å². The SMILES string of the molecule is COCCCN1C(=O)C(O)=C(C(=O)c2ccc(C)o2)C1c1ccc(C(C)(C)C)cc1. The van der Waals surface area contributed by atoms with Crippen molar-refractivity contribution in [1.82, 2.24) is 4.90 Å². The summed E-state index contributed by atoms with van der Waals surface area (Å²) in [7, 11) is 1.60. The molecule has 6 nitrogen and oxygen atoms in total. The number of rotatable bonds is 7. The van der Waals surface area contributed by atoms with E-state index >= 15 is 0 Å². The Bertz CT molecular complexity index is 962. The van der Waals surface area contributed by atoms with Gasteiger partial charge < -0.3 is 19.2 Å². The minimum Gasteiger partial charge on any atom is -0.503 e. The molecular formula is C24H29NO5. The summed E-state index contributed by atoms with van der Waals surface area (Å²) in [5, 5.41) is 10.6. The highest BCUT2D eigenvalue weighted by atomic mass is 16.5. The van der Waals surface area contributed by atoms with Crippen LogP contribution < -0.4 is 0 Å². The third-order valence-corrected chi connectivity index (χ3v) is 5.35. The van der Waals surface area contributed by atoms with E-state index in [-0.39, 0.29) is 16.7 Å². The van der Waals surface area contributed by atoms with Crippen molar-refractivity contribution in [2.45, 2.75) is 45.6 Å². The molecule has 30 heavy (non-hydrogen) atoms. The molecule has 0 bridgehead atoms. The number of carbonyl (C=O) groups is 2. The van der Waals surface area contributed by atoms with Gasteiger partial charge in [0.05, 0.1) is 11.6 Å². The number of benzene rings is 1. The van der Waals surface area contributed by atoms with Crippen LogP contribution in [0.4, 0.5) is 0 Å². The number of carbonyl (C=O) groups excluding carboxylic acids is 2. The molecule has 0 saturated heterocycles. The first-order chi connectivity index (χ1) is 14.1. The predicted octanol–water partition coefficient (Wildman–Crippen LogP) is 4.50. The third kappa shape index (κ3) is 4.19. The van der Waals surface area contributed by atoms with Gasteiger partial charge in [-0.25, -0.2) is 0 Å². The lowest BCUT2D eigenvalue weighted by atomic mass is 9.85. The molecule has 1 aliphatic rings. The third-order valence-electron chi connectivity index (χ3n) is 5.35. The topological polar surface area (TPSA) is 80.0 Å². The van der Waals surface area contributed by atoms with E-state index in [4.69, 9.17) is 9.15 Å². The Morgan fingerprint density at radius 2 is 1.83 bits per heavy atom. The number of aliphatic hydroxyl groups excluding tert-OH is 1. The molecule has 1 amide bonds. The predicted molar refractivity (Wildman–Crippen MR) is 114 cm³/mol. The molecule has 0 fully saturated rings. The van der Waals surface area contributed by atoms with Crippen LogP contribution in [0.2, 0.25) is 0 Å². The summed E-state index contributed by atoms with van der Waals surface area (Å²) in [5.74, 6) is -0.852. The molecule has 1 aromatic heterocycles. The van der Waals surface area contributed by atoms with Gasteiger partial charge in [0.15, 0.2) is 11.5 Å². The second-order valence-corrected chi connectivity index (χ2v) is 8.62. The van der Waals surface area contributed by atoms with Crippen LogP contribution in [0.3, 0.4) is 0 Å². The normalized spacial score (nSPS) is 17.2. The van der Waals surface area contributed by atoms with Gasteiger partial charge >= 0.3 is 0 Å². The summed E-state index contributed by atoms with van der Waals surface area (Å²) in [6, 6.07) is 10.4. The van der Waals surface area contributed by atoms with Crippen molar-refractivity contribution in [3.8, 4) is 0 Å². The van der Waals surface area contributed by atoms with Crippen LogP contribution in [-0.4, -0.2) is 42.0 Å². The van der Waals surface area contributed by atoms with Crippen molar-refractivity contribution in [2.75, 3.05) is 20.3 Å².